The maximum absolute atomic E-state index is 11.9. The molecule has 1 atom stereocenters. The van der Waals surface area contributed by atoms with E-state index in [2.05, 4.69) is 11.9 Å². The van der Waals surface area contributed by atoms with Gasteiger partial charge in [-0.2, -0.15) is 0 Å². The first-order valence-corrected chi connectivity index (χ1v) is 6.76. The smallest absolute Gasteiger partial charge is 0.167 e. The largest absolute Gasteiger partial charge is 0.385 e. The SMILES string of the molecule is CCc1ccc(CC(=O)C(O)C(CC)CC)nc1. The molecule has 1 aromatic heterocycles. The highest BCUT2D eigenvalue weighted by atomic mass is 16.3. The Kier molecular flexibility index (Phi) is 5.99. The number of pyridine rings is 1. The van der Waals surface area contributed by atoms with Gasteiger partial charge in [-0.3, -0.25) is 9.78 Å². The zero-order chi connectivity index (χ0) is 13.5. The molecule has 0 bridgehead atoms. The van der Waals surface area contributed by atoms with Crippen LogP contribution >= 0.6 is 0 Å². The summed E-state index contributed by atoms with van der Waals surface area (Å²) >= 11 is 0. The number of nitrogens with zero attached hydrogens (tertiary/aromatic N) is 1. The highest BCUT2D eigenvalue weighted by Crippen LogP contribution is 2.15. The Morgan fingerprint density at radius 2 is 1.94 bits per heavy atom. The number of aliphatic hydroxyl groups is 1. The van der Waals surface area contributed by atoms with E-state index in [9.17, 15) is 9.90 Å². The lowest BCUT2D eigenvalue weighted by Gasteiger charge is -2.18. The van der Waals surface area contributed by atoms with Gasteiger partial charge in [0.15, 0.2) is 5.78 Å². The third-order valence-corrected chi connectivity index (χ3v) is 3.47. The lowest BCUT2D eigenvalue weighted by Crippen LogP contribution is -2.30. The number of carbonyl (C=O) groups is 1. The Bertz CT molecular complexity index is 369. The summed E-state index contributed by atoms with van der Waals surface area (Å²) in [4.78, 5) is 16.2. The van der Waals surface area contributed by atoms with Crippen LogP contribution in [0.2, 0.25) is 0 Å². The van der Waals surface area contributed by atoms with Crippen molar-refractivity contribution in [3.8, 4) is 0 Å². The molecule has 0 fully saturated rings. The number of aromatic nitrogens is 1. The van der Waals surface area contributed by atoms with Crippen LogP contribution in [0, 0.1) is 5.92 Å². The van der Waals surface area contributed by atoms with Gasteiger partial charge >= 0.3 is 0 Å². The van der Waals surface area contributed by atoms with Crippen molar-refractivity contribution in [1.29, 1.82) is 0 Å². The van der Waals surface area contributed by atoms with Crippen LogP contribution in [0.5, 0.6) is 0 Å². The maximum atomic E-state index is 11.9. The van der Waals surface area contributed by atoms with E-state index >= 15 is 0 Å². The summed E-state index contributed by atoms with van der Waals surface area (Å²) in [5.41, 5.74) is 1.90. The molecule has 0 saturated heterocycles. The summed E-state index contributed by atoms with van der Waals surface area (Å²) in [6.07, 6.45) is 3.76. The van der Waals surface area contributed by atoms with E-state index in [1.807, 2.05) is 26.0 Å². The Labute approximate surface area is 109 Å². The Morgan fingerprint density at radius 1 is 1.28 bits per heavy atom. The van der Waals surface area contributed by atoms with Crippen molar-refractivity contribution in [2.45, 2.75) is 52.6 Å². The molecular formula is C15H23NO2. The van der Waals surface area contributed by atoms with Crippen LogP contribution in [0.4, 0.5) is 0 Å². The van der Waals surface area contributed by atoms with Gasteiger partial charge in [0.25, 0.3) is 0 Å². The van der Waals surface area contributed by atoms with Gasteiger partial charge in [0.2, 0.25) is 0 Å². The van der Waals surface area contributed by atoms with Crippen LogP contribution in [-0.4, -0.2) is 22.0 Å². The number of rotatable bonds is 7. The molecule has 0 spiro atoms. The first kappa shape index (κ1) is 14.8. The van der Waals surface area contributed by atoms with Crippen LogP contribution in [0.15, 0.2) is 18.3 Å². The van der Waals surface area contributed by atoms with Crippen molar-refractivity contribution >= 4 is 5.78 Å². The molecule has 1 aromatic rings. The predicted octanol–water partition coefficient (Wildman–Crippen LogP) is 2.55. The fourth-order valence-corrected chi connectivity index (χ4v) is 2.05. The second kappa shape index (κ2) is 7.27. The Morgan fingerprint density at radius 3 is 2.39 bits per heavy atom. The number of carbonyl (C=O) groups excluding carboxylic acids is 1. The van der Waals surface area contributed by atoms with Crippen molar-refractivity contribution < 1.29 is 9.90 Å². The minimum Gasteiger partial charge on any atom is -0.385 e. The third-order valence-electron chi connectivity index (χ3n) is 3.47. The lowest BCUT2D eigenvalue weighted by molar-refractivity contribution is -0.129. The van der Waals surface area contributed by atoms with Crippen LogP contribution in [-0.2, 0) is 17.6 Å². The molecule has 1 unspecified atom stereocenters. The zero-order valence-electron chi connectivity index (χ0n) is 11.5. The van der Waals surface area contributed by atoms with Crippen LogP contribution in [0.3, 0.4) is 0 Å². The molecule has 0 aliphatic carbocycles. The summed E-state index contributed by atoms with van der Waals surface area (Å²) < 4.78 is 0. The van der Waals surface area contributed by atoms with Gasteiger partial charge in [0, 0.05) is 11.9 Å². The molecule has 0 saturated carbocycles. The zero-order valence-corrected chi connectivity index (χ0v) is 11.5. The van der Waals surface area contributed by atoms with Crippen molar-refractivity contribution in [2.24, 2.45) is 5.92 Å². The molecule has 0 aromatic carbocycles. The summed E-state index contributed by atoms with van der Waals surface area (Å²) in [6.45, 7) is 6.07. The first-order valence-electron chi connectivity index (χ1n) is 6.76. The Balaban J connectivity index is 2.62. The van der Waals surface area contributed by atoms with E-state index in [1.54, 1.807) is 6.20 Å². The maximum Gasteiger partial charge on any atom is 0.167 e. The number of aryl methyl sites for hydroxylation is 1. The molecule has 0 aliphatic heterocycles. The topological polar surface area (TPSA) is 50.2 Å². The summed E-state index contributed by atoms with van der Waals surface area (Å²) in [5.74, 6) is -0.0622. The fourth-order valence-electron chi connectivity index (χ4n) is 2.05. The summed E-state index contributed by atoms with van der Waals surface area (Å²) in [6, 6.07) is 3.86. The molecule has 1 N–H and O–H groups in total. The van der Waals surface area contributed by atoms with Gasteiger partial charge in [0.05, 0.1) is 6.42 Å². The average Bonchev–Trinajstić information content (AvgIpc) is 2.40. The van der Waals surface area contributed by atoms with Gasteiger partial charge in [-0.25, -0.2) is 0 Å². The van der Waals surface area contributed by atoms with Crippen LogP contribution < -0.4 is 0 Å². The van der Waals surface area contributed by atoms with Crippen LogP contribution in [0.1, 0.15) is 44.9 Å². The second-order valence-corrected chi connectivity index (χ2v) is 4.68. The van der Waals surface area contributed by atoms with Crippen molar-refractivity contribution in [2.75, 3.05) is 0 Å². The molecule has 1 rings (SSSR count). The lowest BCUT2D eigenvalue weighted by atomic mass is 9.92. The average molecular weight is 249 g/mol. The van der Waals surface area contributed by atoms with E-state index in [1.165, 1.54) is 0 Å². The molecule has 0 radical (unpaired) electrons. The number of hydrogen-bond acceptors (Lipinski definition) is 3. The van der Waals surface area contributed by atoms with Gasteiger partial charge in [-0.1, -0.05) is 39.7 Å². The summed E-state index contributed by atoms with van der Waals surface area (Å²) in [7, 11) is 0. The Hall–Kier alpha value is -1.22. The van der Waals surface area contributed by atoms with Gasteiger partial charge in [-0.05, 0) is 24.0 Å². The molecule has 100 valence electrons. The molecule has 18 heavy (non-hydrogen) atoms. The third kappa shape index (κ3) is 3.91. The second-order valence-electron chi connectivity index (χ2n) is 4.68. The number of Topliss-reactive ketones (excluding diaryl/α,β-unsaturated/α-hetero) is 1. The minimum atomic E-state index is -0.854. The number of ketones is 1. The number of hydrogen-bond donors (Lipinski definition) is 1. The fraction of sp³-hybridized carbons (Fsp3) is 0.600. The highest BCUT2D eigenvalue weighted by molar-refractivity contribution is 5.84. The molecular weight excluding hydrogens is 226 g/mol. The number of aliphatic hydroxyl groups excluding tert-OH is 1. The van der Waals surface area contributed by atoms with Crippen LogP contribution in [0.25, 0.3) is 0 Å². The van der Waals surface area contributed by atoms with Gasteiger partial charge in [-0.15, -0.1) is 0 Å². The monoisotopic (exact) mass is 249 g/mol. The molecule has 3 nitrogen and oxygen atoms in total. The van der Waals surface area contributed by atoms with Crippen molar-refractivity contribution in [3.05, 3.63) is 29.6 Å². The quantitative estimate of drug-likeness (QED) is 0.808. The highest BCUT2D eigenvalue weighted by Gasteiger charge is 2.23. The summed E-state index contributed by atoms with van der Waals surface area (Å²) in [5, 5.41) is 9.96. The van der Waals surface area contributed by atoms with E-state index in [0.717, 1.165) is 30.5 Å². The standard InChI is InChI=1S/C15H23NO2/c1-4-11-7-8-13(16-10-11)9-14(17)15(18)12(5-2)6-3/h7-8,10,12,15,18H,4-6,9H2,1-3H3. The normalized spacial score (nSPS) is 12.7. The first-order chi connectivity index (χ1) is 8.62. The molecule has 3 heteroatoms. The minimum absolute atomic E-state index is 0.0624. The van der Waals surface area contributed by atoms with Gasteiger partial charge < -0.3 is 5.11 Å². The van der Waals surface area contributed by atoms with Gasteiger partial charge in [0.1, 0.15) is 6.10 Å². The van der Waals surface area contributed by atoms with E-state index in [-0.39, 0.29) is 18.1 Å². The predicted molar refractivity (Wildman–Crippen MR) is 72.4 cm³/mol. The van der Waals surface area contributed by atoms with Crippen molar-refractivity contribution in [1.82, 2.24) is 4.98 Å². The molecule has 1 heterocycles. The van der Waals surface area contributed by atoms with E-state index in [0.29, 0.717) is 0 Å². The van der Waals surface area contributed by atoms with Crippen molar-refractivity contribution in [3.63, 3.8) is 0 Å². The van der Waals surface area contributed by atoms with E-state index in [4.69, 9.17) is 0 Å². The molecule has 0 aliphatic rings. The molecule has 0 amide bonds. The van der Waals surface area contributed by atoms with E-state index < -0.39 is 6.10 Å².